The number of ether oxygens (including phenoxy) is 2. The van der Waals surface area contributed by atoms with Gasteiger partial charge in [-0.25, -0.2) is 19.6 Å². The number of rotatable bonds is 12. The molecule has 3 aromatic heterocycles. The number of piperazine rings is 1. The lowest BCUT2D eigenvalue weighted by atomic mass is 10.1. The summed E-state index contributed by atoms with van der Waals surface area (Å²) in [7, 11) is 1.93. The summed E-state index contributed by atoms with van der Waals surface area (Å²) < 4.78 is 11.3. The van der Waals surface area contributed by atoms with Gasteiger partial charge in [0.2, 0.25) is 0 Å². The second kappa shape index (κ2) is 14.9. The highest BCUT2D eigenvalue weighted by Crippen LogP contribution is 2.22. The van der Waals surface area contributed by atoms with Gasteiger partial charge in [-0.1, -0.05) is 6.92 Å². The van der Waals surface area contributed by atoms with Gasteiger partial charge in [-0.2, -0.15) is 0 Å². The Morgan fingerprint density at radius 1 is 0.930 bits per heavy atom. The first-order valence-electron chi connectivity index (χ1n) is 15.0. The van der Waals surface area contributed by atoms with E-state index in [4.69, 9.17) is 19.4 Å². The molecule has 43 heavy (non-hydrogen) atoms. The molecule has 230 valence electrons. The summed E-state index contributed by atoms with van der Waals surface area (Å²) in [5, 5.41) is 0. The highest BCUT2D eigenvalue weighted by Gasteiger charge is 2.25. The number of hydrogen-bond acceptors (Lipinski definition) is 11. The van der Waals surface area contributed by atoms with E-state index in [1.165, 1.54) is 0 Å². The smallest absolute Gasteiger partial charge is 0.342 e. The van der Waals surface area contributed by atoms with Crippen LogP contribution in [0, 0.1) is 6.92 Å². The van der Waals surface area contributed by atoms with Gasteiger partial charge in [-0.3, -0.25) is 14.9 Å². The van der Waals surface area contributed by atoms with Crippen LogP contribution >= 0.6 is 0 Å². The van der Waals surface area contributed by atoms with Crippen molar-refractivity contribution in [3.05, 3.63) is 71.1 Å². The number of anilines is 2. The fourth-order valence-corrected chi connectivity index (χ4v) is 5.13. The molecule has 1 unspecified atom stereocenters. The van der Waals surface area contributed by atoms with E-state index in [9.17, 15) is 9.59 Å². The minimum absolute atomic E-state index is 0.200. The van der Waals surface area contributed by atoms with E-state index in [-0.39, 0.29) is 12.1 Å². The zero-order valence-corrected chi connectivity index (χ0v) is 26.1. The minimum atomic E-state index is -0.406. The predicted molar refractivity (Wildman–Crippen MR) is 165 cm³/mol. The summed E-state index contributed by atoms with van der Waals surface area (Å²) in [5.74, 6) is 0.508. The molecule has 1 atom stereocenters. The van der Waals surface area contributed by atoms with Crippen LogP contribution in [0.3, 0.4) is 0 Å². The topological polar surface area (TPSA) is 114 Å². The van der Waals surface area contributed by atoms with Gasteiger partial charge < -0.3 is 19.3 Å². The summed E-state index contributed by atoms with van der Waals surface area (Å²) in [6, 6.07) is 7.02. The van der Waals surface area contributed by atoms with Crippen LogP contribution in [-0.2, 0) is 22.4 Å². The van der Waals surface area contributed by atoms with Gasteiger partial charge in [0.15, 0.2) is 0 Å². The SMILES string of the molecule is CCCN(C)c1ncccc1C(=O)OC(C)Cc1nc(C)cnc1CN1CCN(c2ncccc2C(=O)OC(C)C)CC1. The van der Waals surface area contributed by atoms with Crippen molar-refractivity contribution in [3.8, 4) is 0 Å². The minimum Gasteiger partial charge on any atom is -0.459 e. The monoisotopic (exact) mass is 589 g/mol. The van der Waals surface area contributed by atoms with Crippen molar-refractivity contribution in [1.29, 1.82) is 0 Å². The summed E-state index contributed by atoms with van der Waals surface area (Å²) in [4.78, 5) is 50.6. The predicted octanol–water partition coefficient (Wildman–Crippen LogP) is 4.10. The van der Waals surface area contributed by atoms with Gasteiger partial charge in [-0.15, -0.1) is 0 Å². The molecule has 11 nitrogen and oxygen atoms in total. The zero-order valence-electron chi connectivity index (χ0n) is 26.1. The Bertz CT molecular complexity index is 1390. The largest absolute Gasteiger partial charge is 0.459 e. The molecule has 0 amide bonds. The van der Waals surface area contributed by atoms with Gasteiger partial charge >= 0.3 is 11.9 Å². The molecule has 3 aromatic rings. The van der Waals surface area contributed by atoms with Gasteiger partial charge in [0, 0.05) is 71.3 Å². The second-order valence-corrected chi connectivity index (χ2v) is 11.2. The van der Waals surface area contributed by atoms with Crippen LogP contribution in [0.25, 0.3) is 0 Å². The van der Waals surface area contributed by atoms with Crippen molar-refractivity contribution in [2.24, 2.45) is 0 Å². The number of hydrogen-bond donors (Lipinski definition) is 0. The Hall–Kier alpha value is -4.12. The van der Waals surface area contributed by atoms with E-state index in [0.717, 1.165) is 43.1 Å². The molecule has 1 aliphatic rings. The van der Waals surface area contributed by atoms with E-state index < -0.39 is 12.1 Å². The average Bonchev–Trinajstić information content (AvgIpc) is 2.98. The maximum atomic E-state index is 13.1. The third-order valence-electron chi connectivity index (χ3n) is 7.16. The molecule has 11 heteroatoms. The molecule has 1 saturated heterocycles. The molecule has 0 saturated carbocycles. The Kier molecular flexibility index (Phi) is 11.0. The molecule has 0 aromatic carbocycles. The number of pyridine rings is 2. The molecule has 4 rings (SSSR count). The Balaban J connectivity index is 1.39. The first-order chi connectivity index (χ1) is 20.7. The normalized spacial score (nSPS) is 14.4. The lowest BCUT2D eigenvalue weighted by Crippen LogP contribution is -2.47. The number of aryl methyl sites for hydroxylation is 1. The molecule has 4 heterocycles. The molecular formula is C32H43N7O4. The van der Waals surface area contributed by atoms with E-state index in [2.05, 4.69) is 26.7 Å². The van der Waals surface area contributed by atoms with Gasteiger partial charge in [-0.05, 0) is 58.4 Å². The quantitative estimate of drug-likeness (QED) is 0.285. The lowest BCUT2D eigenvalue weighted by molar-refractivity contribution is 0.0337. The molecule has 0 spiro atoms. The van der Waals surface area contributed by atoms with Crippen LogP contribution < -0.4 is 9.80 Å². The molecule has 0 bridgehead atoms. The number of aromatic nitrogens is 4. The first kappa shape index (κ1) is 31.8. The van der Waals surface area contributed by atoms with Crippen LogP contribution in [0.1, 0.15) is 71.9 Å². The molecule has 0 N–H and O–H groups in total. The Morgan fingerprint density at radius 2 is 1.60 bits per heavy atom. The summed E-state index contributed by atoms with van der Waals surface area (Å²) in [6.45, 7) is 13.9. The van der Waals surface area contributed by atoms with Gasteiger partial charge in [0.1, 0.15) is 28.9 Å². The van der Waals surface area contributed by atoms with E-state index >= 15 is 0 Å². The molecule has 0 aliphatic carbocycles. The summed E-state index contributed by atoms with van der Waals surface area (Å²) >= 11 is 0. The van der Waals surface area contributed by atoms with E-state index in [0.29, 0.717) is 48.8 Å². The Morgan fingerprint density at radius 3 is 2.30 bits per heavy atom. The first-order valence-corrected chi connectivity index (χ1v) is 15.0. The van der Waals surface area contributed by atoms with Crippen LogP contribution in [0.15, 0.2) is 42.9 Å². The van der Waals surface area contributed by atoms with Crippen LogP contribution in [-0.4, -0.2) is 88.8 Å². The molecule has 1 fully saturated rings. The van der Waals surface area contributed by atoms with Gasteiger partial charge in [0.05, 0.1) is 23.2 Å². The highest BCUT2D eigenvalue weighted by molar-refractivity contribution is 5.95. The fraction of sp³-hybridized carbons (Fsp3) is 0.500. The third-order valence-corrected chi connectivity index (χ3v) is 7.16. The van der Waals surface area contributed by atoms with Crippen molar-refractivity contribution in [3.63, 3.8) is 0 Å². The number of carbonyl (C=O) groups is 2. The van der Waals surface area contributed by atoms with Crippen LogP contribution in [0.4, 0.5) is 11.6 Å². The summed E-state index contributed by atoms with van der Waals surface area (Å²) in [5.41, 5.74) is 3.43. The average molecular weight is 590 g/mol. The standard InChI is InChI=1S/C32H43N7O4/c1-7-14-37(6)29-25(10-8-12-33-29)32(41)43-24(5)19-27-28(35-20-23(4)36-27)21-38-15-17-39(18-16-38)30-26(11-9-13-34-30)31(40)42-22(2)3/h8-13,20,22,24H,7,14-19,21H2,1-6H3. The maximum absolute atomic E-state index is 13.1. The number of esters is 2. The summed E-state index contributed by atoms with van der Waals surface area (Å²) in [6.07, 6.45) is 5.95. The van der Waals surface area contributed by atoms with Gasteiger partial charge in [0.25, 0.3) is 0 Å². The maximum Gasteiger partial charge on any atom is 0.342 e. The highest BCUT2D eigenvalue weighted by atomic mass is 16.5. The van der Waals surface area contributed by atoms with Crippen molar-refractivity contribution >= 4 is 23.6 Å². The molecular weight excluding hydrogens is 546 g/mol. The lowest BCUT2D eigenvalue weighted by Gasteiger charge is -2.36. The number of carbonyl (C=O) groups excluding carboxylic acids is 2. The van der Waals surface area contributed by atoms with Crippen molar-refractivity contribution in [2.75, 3.05) is 49.6 Å². The number of nitrogens with zero attached hydrogens (tertiary/aromatic N) is 7. The zero-order chi connectivity index (χ0) is 30.9. The van der Waals surface area contributed by atoms with Crippen molar-refractivity contribution in [1.82, 2.24) is 24.8 Å². The van der Waals surface area contributed by atoms with Crippen molar-refractivity contribution < 1.29 is 19.1 Å². The van der Waals surface area contributed by atoms with Crippen LogP contribution in [0.2, 0.25) is 0 Å². The molecule has 1 aliphatic heterocycles. The van der Waals surface area contributed by atoms with Crippen LogP contribution in [0.5, 0.6) is 0 Å². The Labute approximate surface area is 254 Å². The van der Waals surface area contributed by atoms with E-state index in [1.807, 2.05) is 39.6 Å². The second-order valence-electron chi connectivity index (χ2n) is 11.2. The van der Waals surface area contributed by atoms with E-state index in [1.54, 1.807) is 42.9 Å². The molecule has 0 radical (unpaired) electrons. The third kappa shape index (κ3) is 8.47. The fourth-order valence-electron chi connectivity index (χ4n) is 5.13. The van der Waals surface area contributed by atoms with Crippen molar-refractivity contribution in [2.45, 2.75) is 66.2 Å².